The third-order valence-electron chi connectivity index (χ3n) is 5.00. The number of para-hydroxylation sites is 1. The zero-order valence-corrected chi connectivity index (χ0v) is 17.5. The minimum Gasteiger partial charge on any atom is -0.325 e. The van der Waals surface area contributed by atoms with Crippen molar-refractivity contribution < 1.29 is 4.79 Å². The lowest BCUT2D eigenvalue weighted by Gasteiger charge is -2.10. The Balaban J connectivity index is 1.40. The highest BCUT2D eigenvalue weighted by molar-refractivity contribution is 8.00. The van der Waals surface area contributed by atoms with Gasteiger partial charge < -0.3 is 5.32 Å². The zero-order chi connectivity index (χ0) is 21.0. The van der Waals surface area contributed by atoms with Gasteiger partial charge in [-0.25, -0.2) is 9.97 Å². The fourth-order valence-corrected chi connectivity index (χ4v) is 4.35. The molecule has 150 valence electrons. The molecule has 4 nitrogen and oxygen atoms in total. The van der Waals surface area contributed by atoms with Crippen LogP contribution in [-0.4, -0.2) is 21.6 Å². The lowest BCUT2D eigenvalue weighted by atomic mass is 10.1. The number of carbonyl (C=O) groups excluding carboxylic acids is 1. The molecule has 0 bridgehead atoms. The highest BCUT2D eigenvalue weighted by atomic mass is 32.2. The van der Waals surface area contributed by atoms with Gasteiger partial charge in [-0.3, -0.25) is 4.79 Å². The number of carbonyl (C=O) groups is 1. The second-order valence-electron chi connectivity index (χ2n) is 7.10. The molecule has 0 saturated heterocycles. The molecule has 0 spiro atoms. The van der Waals surface area contributed by atoms with Crippen LogP contribution in [0.4, 0.5) is 5.69 Å². The van der Waals surface area contributed by atoms with Crippen LogP contribution in [0, 0.1) is 0 Å². The number of rotatable bonds is 5. The number of hydrogen-bond acceptors (Lipinski definition) is 4. The van der Waals surface area contributed by atoms with Crippen molar-refractivity contribution in [2.75, 3.05) is 11.1 Å². The van der Waals surface area contributed by atoms with Gasteiger partial charge >= 0.3 is 0 Å². The van der Waals surface area contributed by atoms with E-state index in [2.05, 4.69) is 5.32 Å². The van der Waals surface area contributed by atoms with Crippen LogP contribution >= 0.6 is 11.8 Å². The number of hydrogen-bond donors (Lipinski definition) is 1. The van der Waals surface area contributed by atoms with Crippen LogP contribution < -0.4 is 5.32 Å². The smallest absolute Gasteiger partial charge is 0.234 e. The van der Waals surface area contributed by atoms with Gasteiger partial charge in [0.15, 0.2) is 5.82 Å². The summed E-state index contributed by atoms with van der Waals surface area (Å²) >= 11 is 1.43. The van der Waals surface area contributed by atoms with Crippen LogP contribution in [0.2, 0.25) is 0 Å². The molecule has 0 radical (unpaired) electrons. The maximum atomic E-state index is 12.7. The van der Waals surface area contributed by atoms with Crippen molar-refractivity contribution in [2.45, 2.75) is 5.03 Å². The van der Waals surface area contributed by atoms with Crippen molar-refractivity contribution in [3.8, 4) is 11.4 Å². The molecule has 0 saturated carbocycles. The number of nitrogens with zero attached hydrogens (tertiary/aromatic N) is 2. The molecular weight excluding hydrogens is 402 g/mol. The average molecular weight is 422 g/mol. The van der Waals surface area contributed by atoms with Gasteiger partial charge in [0.1, 0.15) is 5.03 Å². The highest BCUT2D eigenvalue weighted by Crippen LogP contribution is 2.29. The molecule has 0 unspecified atom stereocenters. The molecule has 0 fully saturated rings. The fraction of sp³-hybridized carbons (Fsp3) is 0.0385. The third-order valence-corrected chi connectivity index (χ3v) is 6.00. The van der Waals surface area contributed by atoms with Crippen LogP contribution in [0.3, 0.4) is 0 Å². The van der Waals surface area contributed by atoms with Gasteiger partial charge in [0.25, 0.3) is 0 Å². The molecule has 5 rings (SSSR count). The van der Waals surface area contributed by atoms with E-state index in [0.29, 0.717) is 5.82 Å². The quantitative estimate of drug-likeness (QED) is 0.272. The molecule has 4 aromatic carbocycles. The van der Waals surface area contributed by atoms with E-state index in [1.54, 1.807) is 0 Å². The lowest BCUT2D eigenvalue weighted by molar-refractivity contribution is -0.113. The predicted molar refractivity (Wildman–Crippen MR) is 128 cm³/mol. The molecule has 0 aliphatic rings. The molecule has 1 N–H and O–H groups in total. The Morgan fingerprint density at radius 3 is 2.32 bits per heavy atom. The Labute approximate surface area is 184 Å². The van der Waals surface area contributed by atoms with E-state index in [0.717, 1.165) is 38.0 Å². The monoisotopic (exact) mass is 421 g/mol. The molecule has 1 amide bonds. The van der Waals surface area contributed by atoms with E-state index in [-0.39, 0.29) is 11.7 Å². The van der Waals surface area contributed by atoms with E-state index < -0.39 is 0 Å². The topological polar surface area (TPSA) is 54.9 Å². The van der Waals surface area contributed by atoms with Gasteiger partial charge in [0.2, 0.25) is 5.91 Å². The Morgan fingerprint density at radius 2 is 1.45 bits per heavy atom. The maximum Gasteiger partial charge on any atom is 0.234 e. The molecule has 0 aliphatic carbocycles. The molecule has 5 heteroatoms. The van der Waals surface area contributed by atoms with Gasteiger partial charge in [-0.15, -0.1) is 0 Å². The van der Waals surface area contributed by atoms with E-state index >= 15 is 0 Å². The maximum absolute atomic E-state index is 12.7. The summed E-state index contributed by atoms with van der Waals surface area (Å²) in [5.41, 5.74) is 2.64. The van der Waals surface area contributed by atoms with Gasteiger partial charge in [0, 0.05) is 22.0 Å². The first-order valence-electron chi connectivity index (χ1n) is 10.0. The van der Waals surface area contributed by atoms with Crippen LogP contribution in [0.25, 0.3) is 33.1 Å². The van der Waals surface area contributed by atoms with Gasteiger partial charge in [-0.1, -0.05) is 96.7 Å². The summed E-state index contributed by atoms with van der Waals surface area (Å²) < 4.78 is 0. The summed E-state index contributed by atoms with van der Waals surface area (Å²) in [5.74, 6) is 0.861. The van der Waals surface area contributed by atoms with E-state index in [1.807, 2.05) is 97.1 Å². The summed E-state index contributed by atoms with van der Waals surface area (Å²) in [6.45, 7) is 0. The number of benzene rings is 4. The fourth-order valence-electron chi connectivity index (χ4n) is 3.53. The molecular formula is C26H19N3OS. The number of nitrogens with one attached hydrogen (secondary N) is 1. The minimum atomic E-state index is -0.0645. The standard InChI is InChI=1S/C26H19N3OS/c30-24(27-22-16-8-12-18-9-4-5-13-20(18)22)17-31-26-21-14-6-7-15-23(21)28-25(29-26)19-10-2-1-3-11-19/h1-16H,17H2,(H,27,30). The molecule has 5 aromatic rings. The first-order chi connectivity index (χ1) is 15.3. The molecule has 0 aliphatic heterocycles. The average Bonchev–Trinajstić information content (AvgIpc) is 2.83. The van der Waals surface area contributed by atoms with E-state index in [9.17, 15) is 4.79 Å². The second kappa shape index (κ2) is 8.58. The van der Waals surface area contributed by atoms with E-state index in [4.69, 9.17) is 9.97 Å². The van der Waals surface area contributed by atoms with Crippen molar-refractivity contribution in [1.29, 1.82) is 0 Å². The highest BCUT2D eigenvalue weighted by Gasteiger charge is 2.12. The van der Waals surface area contributed by atoms with Crippen molar-refractivity contribution >= 4 is 45.0 Å². The Kier molecular flexibility index (Phi) is 5.33. The first kappa shape index (κ1) is 19.3. The molecule has 1 heterocycles. The Bertz CT molecular complexity index is 1380. The van der Waals surface area contributed by atoms with Crippen LogP contribution in [0.15, 0.2) is 102 Å². The number of anilines is 1. The third kappa shape index (κ3) is 4.13. The van der Waals surface area contributed by atoms with Crippen molar-refractivity contribution in [1.82, 2.24) is 9.97 Å². The normalized spacial score (nSPS) is 11.0. The molecule has 31 heavy (non-hydrogen) atoms. The van der Waals surface area contributed by atoms with Crippen LogP contribution in [0.1, 0.15) is 0 Å². The van der Waals surface area contributed by atoms with Gasteiger partial charge in [-0.05, 0) is 17.5 Å². The van der Waals surface area contributed by atoms with E-state index in [1.165, 1.54) is 11.8 Å². The van der Waals surface area contributed by atoms with Crippen molar-refractivity contribution in [2.24, 2.45) is 0 Å². The SMILES string of the molecule is O=C(CSc1nc(-c2ccccc2)nc2ccccc12)Nc1cccc2ccccc12. The summed E-state index contributed by atoms with van der Waals surface area (Å²) in [6, 6.07) is 31.7. The summed E-state index contributed by atoms with van der Waals surface area (Å²) in [6.07, 6.45) is 0. The van der Waals surface area contributed by atoms with Gasteiger partial charge in [0.05, 0.1) is 11.3 Å². The zero-order valence-electron chi connectivity index (χ0n) is 16.7. The largest absolute Gasteiger partial charge is 0.325 e. The minimum absolute atomic E-state index is 0.0645. The first-order valence-corrected chi connectivity index (χ1v) is 11.0. The number of aromatic nitrogens is 2. The number of amides is 1. The number of fused-ring (bicyclic) bond motifs is 2. The Hall–Kier alpha value is -3.70. The van der Waals surface area contributed by atoms with Crippen LogP contribution in [0.5, 0.6) is 0 Å². The number of thioether (sulfide) groups is 1. The van der Waals surface area contributed by atoms with Gasteiger partial charge in [-0.2, -0.15) is 0 Å². The Morgan fingerprint density at radius 1 is 0.742 bits per heavy atom. The van der Waals surface area contributed by atoms with Crippen molar-refractivity contribution in [3.05, 3.63) is 97.1 Å². The lowest BCUT2D eigenvalue weighted by Crippen LogP contribution is -2.14. The van der Waals surface area contributed by atoms with Crippen molar-refractivity contribution in [3.63, 3.8) is 0 Å². The summed E-state index contributed by atoms with van der Waals surface area (Å²) in [5, 5.41) is 6.93. The van der Waals surface area contributed by atoms with Crippen LogP contribution in [-0.2, 0) is 4.79 Å². The summed E-state index contributed by atoms with van der Waals surface area (Å²) in [4.78, 5) is 22.2. The second-order valence-corrected chi connectivity index (χ2v) is 8.06. The predicted octanol–water partition coefficient (Wildman–Crippen LogP) is 6.18. The molecule has 1 aromatic heterocycles. The summed E-state index contributed by atoms with van der Waals surface area (Å²) in [7, 11) is 0. The molecule has 0 atom stereocenters.